The number of methoxy groups -OCH3 is 1. The Morgan fingerprint density at radius 2 is 1.87 bits per heavy atom. The molecule has 2 aromatic rings. The van der Waals surface area contributed by atoms with Crippen LogP contribution in [0.15, 0.2) is 42.5 Å². The number of thiol groups is 2. The smallest absolute Gasteiger partial charge is 0.234 e. The third kappa shape index (κ3) is 7.24. The molecule has 2 amide bonds. The third-order valence-corrected chi connectivity index (χ3v) is 8.49. The molecule has 4 rings (SSSR count). The summed E-state index contributed by atoms with van der Waals surface area (Å²) in [4.78, 5) is 30.5. The maximum atomic E-state index is 13.5. The van der Waals surface area contributed by atoms with Gasteiger partial charge in [0.25, 0.3) is 0 Å². The number of fused-ring (bicyclic) bond motifs is 3. The average molecular weight is 559 g/mol. The van der Waals surface area contributed by atoms with Crippen molar-refractivity contribution >= 4 is 47.8 Å². The van der Waals surface area contributed by atoms with Crippen LogP contribution in [0.3, 0.4) is 0 Å². The topological polar surface area (TPSA) is 73.9 Å². The van der Waals surface area contributed by atoms with Gasteiger partial charge in [-0.05, 0) is 61.0 Å². The molecule has 208 valence electrons. The molecule has 0 radical (unpaired) electrons. The number of hydrogen-bond donors (Lipinski definition) is 4. The largest absolute Gasteiger partial charge is 0.364 e. The fourth-order valence-corrected chi connectivity index (χ4v) is 6.80. The first kappa shape index (κ1) is 29.2. The maximum Gasteiger partial charge on any atom is 0.234 e. The van der Waals surface area contributed by atoms with Crippen LogP contribution in [0.5, 0.6) is 0 Å². The molecule has 0 saturated carbocycles. The molecule has 0 spiro atoms. The van der Waals surface area contributed by atoms with Crippen molar-refractivity contribution in [1.82, 2.24) is 20.4 Å². The zero-order valence-corrected chi connectivity index (χ0v) is 24.1. The molecule has 9 heteroatoms. The van der Waals surface area contributed by atoms with Crippen LogP contribution < -0.4 is 10.6 Å². The summed E-state index contributed by atoms with van der Waals surface area (Å²) in [5, 5.41) is 8.37. The normalized spacial score (nSPS) is 23.2. The molecule has 2 bridgehead atoms. The van der Waals surface area contributed by atoms with E-state index < -0.39 is 0 Å². The first-order valence-corrected chi connectivity index (χ1v) is 15.0. The summed E-state index contributed by atoms with van der Waals surface area (Å²) >= 11 is 8.56. The van der Waals surface area contributed by atoms with Crippen LogP contribution in [-0.2, 0) is 14.3 Å². The molecule has 4 atom stereocenters. The zero-order valence-electron chi connectivity index (χ0n) is 22.3. The quantitative estimate of drug-likeness (QED) is 0.212. The lowest BCUT2D eigenvalue weighted by molar-refractivity contribution is -0.131. The highest BCUT2D eigenvalue weighted by Gasteiger charge is 2.50. The molecule has 38 heavy (non-hydrogen) atoms. The maximum absolute atomic E-state index is 13.5. The number of rotatable bonds is 14. The number of ether oxygens (including phenoxy) is 1. The minimum absolute atomic E-state index is 0.0342. The number of nitrogens with one attached hydrogen (secondary N) is 2. The Balaban J connectivity index is 1.46. The molecule has 2 aromatic carbocycles. The number of nitrogens with zero attached hydrogens (tertiary/aromatic N) is 2. The second-order valence-electron chi connectivity index (χ2n) is 10.4. The number of amides is 2. The molecule has 0 aromatic heterocycles. The van der Waals surface area contributed by atoms with Crippen molar-refractivity contribution in [1.29, 1.82) is 0 Å². The van der Waals surface area contributed by atoms with Crippen LogP contribution in [0.25, 0.3) is 10.8 Å². The van der Waals surface area contributed by atoms with Gasteiger partial charge >= 0.3 is 0 Å². The first-order chi connectivity index (χ1) is 18.5. The summed E-state index contributed by atoms with van der Waals surface area (Å²) in [7, 11) is 1.61. The van der Waals surface area contributed by atoms with E-state index in [1.54, 1.807) is 7.11 Å². The highest BCUT2D eigenvalue weighted by molar-refractivity contribution is 7.80. The van der Waals surface area contributed by atoms with Crippen molar-refractivity contribution in [2.75, 3.05) is 58.1 Å². The van der Waals surface area contributed by atoms with E-state index in [1.807, 2.05) is 0 Å². The predicted molar refractivity (Wildman–Crippen MR) is 160 cm³/mol. The summed E-state index contributed by atoms with van der Waals surface area (Å²) < 4.78 is 5.18. The van der Waals surface area contributed by atoms with E-state index >= 15 is 0 Å². The number of benzene rings is 2. The molecular weight excluding hydrogens is 516 g/mol. The van der Waals surface area contributed by atoms with Crippen LogP contribution in [0.2, 0.25) is 0 Å². The Labute approximate surface area is 237 Å². The number of carbonyl (C=O) groups excluding carboxylic acids is 2. The van der Waals surface area contributed by atoms with Crippen LogP contribution in [-0.4, -0.2) is 91.8 Å². The Kier molecular flexibility index (Phi) is 11.2. The van der Waals surface area contributed by atoms with E-state index in [-0.39, 0.29) is 36.4 Å². The molecule has 2 heterocycles. The zero-order chi connectivity index (χ0) is 26.9. The number of carbonyl (C=O) groups is 2. The molecule has 7 nitrogen and oxygen atoms in total. The van der Waals surface area contributed by atoms with Gasteiger partial charge in [-0.3, -0.25) is 19.4 Å². The molecular formula is C29H42N4O3S2. The summed E-state index contributed by atoms with van der Waals surface area (Å²) in [5.41, 5.74) is 1.25. The fraction of sp³-hybridized carbons (Fsp3) is 0.586. The number of piperidine rings is 1. The lowest BCUT2D eigenvalue weighted by Crippen LogP contribution is -2.53. The van der Waals surface area contributed by atoms with Crippen LogP contribution in [0.1, 0.15) is 37.2 Å². The highest BCUT2D eigenvalue weighted by atomic mass is 32.1. The molecule has 0 aliphatic carbocycles. The first-order valence-electron chi connectivity index (χ1n) is 13.8. The van der Waals surface area contributed by atoms with Gasteiger partial charge in [0.05, 0.1) is 12.5 Å². The summed E-state index contributed by atoms with van der Waals surface area (Å²) in [6.07, 6.45) is 4.08. The van der Waals surface area contributed by atoms with Gasteiger partial charge in [-0.15, -0.1) is 0 Å². The van der Waals surface area contributed by atoms with Gasteiger partial charge in [0, 0.05) is 43.8 Å². The van der Waals surface area contributed by atoms with E-state index in [1.165, 1.54) is 16.3 Å². The monoisotopic (exact) mass is 558 g/mol. The lowest BCUT2D eigenvalue weighted by Gasteiger charge is -2.44. The van der Waals surface area contributed by atoms with Crippen LogP contribution >= 0.6 is 25.3 Å². The molecule has 2 aliphatic heterocycles. The predicted octanol–water partition coefficient (Wildman–Crippen LogP) is 3.16. The molecule has 2 aliphatic rings. The van der Waals surface area contributed by atoms with Crippen LogP contribution in [0, 0.1) is 5.92 Å². The standard InChI is InChI=1S/C29H42N4O3S2/c1-36-20-31-29(35)28-25(23-8-7-21-5-2-3-6-22(21)17-23)18-24-9-10-26(28)33(24)13-4-12-32(14-16-38)19-27(34)30-11-15-37/h2-3,5-8,17,24-26,28,37-38H,4,9-16,18-20H2,1H3,(H,30,34)(H,31,35)/t24?,25-,26+,28-/m0/s1. The Morgan fingerprint density at radius 1 is 1.05 bits per heavy atom. The van der Waals surface area contributed by atoms with E-state index in [0.717, 1.165) is 45.3 Å². The van der Waals surface area contributed by atoms with Gasteiger partial charge in [0.15, 0.2) is 0 Å². The van der Waals surface area contributed by atoms with Crippen molar-refractivity contribution in [2.24, 2.45) is 5.92 Å². The fourth-order valence-electron chi connectivity index (χ4n) is 6.40. The average Bonchev–Trinajstić information content (AvgIpc) is 3.20. The van der Waals surface area contributed by atoms with E-state index in [0.29, 0.717) is 30.6 Å². The minimum Gasteiger partial charge on any atom is -0.364 e. The van der Waals surface area contributed by atoms with Gasteiger partial charge in [0.1, 0.15) is 6.73 Å². The minimum atomic E-state index is -0.120. The van der Waals surface area contributed by atoms with Crippen molar-refractivity contribution in [3.05, 3.63) is 48.0 Å². The Hall–Kier alpha value is -1.78. The van der Waals surface area contributed by atoms with E-state index in [9.17, 15) is 9.59 Å². The molecule has 2 saturated heterocycles. The van der Waals surface area contributed by atoms with Crippen molar-refractivity contribution in [3.63, 3.8) is 0 Å². The highest BCUT2D eigenvalue weighted by Crippen LogP contribution is 2.47. The van der Waals surface area contributed by atoms with E-state index in [2.05, 4.69) is 88.2 Å². The molecule has 2 fully saturated rings. The molecule has 2 N–H and O–H groups in total. The van der Waals surface area contributed by atoms with Gasteiger partial charge in [0.2, 0.25) is 11.8 Å². The van der Waals surface area contributed by atoms with Gasteiger partial charge in [-0.25, -0.2) is 0 Å². The Bertz CT molecular complexity index is 1070. The lowest BCUT2D eigenvalue weighted by atomic mass is 9.75. The summed E-state index contributed by atoms with van der Waals surface area (Å²) in [5.74, 6) is 1.52. The van der Waals surface area contributed by atoms with Crippen molar-refractivity contribution in [3.8, 4) is 0 Å². The SMILES string of the molecule is COCNC(=O)[C@@H]1[C@H]2CCC(C[C@H]1c1ccc3ccccc3c1)N2CCCN(CCS)CC(=O)NCCS. The third-order valence-electron chi connectivity index (χ3n) is 8.07. The van der Waals surface area contributed by atoms with E-state index in [4.69, 9.17) is 4.74 Å². The second-order valence-corrected chi connectivity index (χ2v) is 11.3. The summed E-state index contributed by atoms with van der Waals surface area (Å²) in [6.45, 7) is 3.72. The van der Waals surface area contributed by atoms with Crippen molar-refractivity contribution < 1.29 is 14.3 Å². The van der Waals surface area contributed by atoms with Gasteiger partial charge in [-0.2, -0.15) is 25.3 Å². The second kappa shape index (κ2) is 14.6. The Morgan fingerprint density at radius 3 is 2.63 bits per heavy atom. The van der Waals surface area contributed by atoms with Gasteiger partial charge in [-0.1, -0.05) is 42.5 Å². The van der Waals surface area contributed by atoms with Gasteiger partial charge < -0.3 is 15.4 Å². The van der Waals surface area contributed by atoms with Crippen molar-refractivity contribution in [2.45, 2.75) is 43.7 Å². The number of hydrogen-bond acceptors (Lipinski definition) is 7. The molecule has 1 unspecified atom stereocenters. The van der Waals surface area contributed by atoms with Crippen LogP contribution in [0.4, 0.5) is 0 Å². The summed E-state index contributed by atoms with van der Waals surface area (Å²) in [6, 6.07) is 15.8.